The normalized spacial score (nSPS) is 11.9. The Balaban J connectivity index is 2.33. The molecule has 0 bridgehead atoms. The van der Waals surface area contributed by atoms with Gasteiger partial charge >= 0.3 is 0 Å². The van der Waals surface area contributed by atoms with Crippen molar-refractivity contribution in [3.8, 4) is 17.4 Å². The molecule has 0 saturated heterocycles. The first-order valence-corrected chi connectivity index (χ1v) is 7.34. The summed E-state index contributed by atoms with van der Waals surface area (Å²) < 4.78 is 36.2. The molecular formula is C14H10N2O5S. The lowest BCUT2D eigenvalue weighted by Gasteiger charge is -1.99. The number of hydrogen-bond acceptors (Lipinski definition) is 5. The van der Waals surface area contributed by atoms with Crippen LogP contribution in [0.4, 0.5) is 0 Å². The molecule has 0 saturated carbocycles. The van der Waals surface area contributed by atoms with Crippen molar-refractivity contribution in [3.63, 3.8) is 0 Å². The molecule has 3 N–H and O–H groups in total. The summed E-state index contributed by atoms with van der Waals surface area (Å²) in [5, 5.41) is 8.75. The van der Waals surface area contributed by atoms with Crippen LogP contribution in [-0.4, -0.2) is 18.9 Å². The maximum Gasteiger partial charge on any atom is 0.294 e. The monoisotopic (exact) mass is 318 g/mol. The number of carbonyl (C=O) groups is 1. The Morgan fingerprint density at radius 2 is 1.86 bits per heavy atom. The number of furan rings is 1. The fraction of sp³-hybridized carbons (Fsp3) is 0. The number of benzene rings is 1. The van der Waals surface area contributed by atoms with Crippen LogP contribution < -0.4 is 5.73 Å². The molecule has 8 heteroatoms. The van der Waals surface area contributed by atoms with E-state index in [0.29, 0.717) is 11.3 Å². The van der Waals surface area contributed by atoms with Gasteiger partial charge in [-0.25, -0.2) is 0 Å². The Bertz CT molecular complexity index is 886. The summed E-state index contributed by atoms with van der Waals surface area (Å²) in [7, 11) is -4.25. The molecule has 112 valence electrons. The van der Waals surface area contributed by atoms with Crippen LogP contribution in [-0.2, 0) is 14.9 Å². The summed E-state index contributed by atoms with van der Waals surface area (Å²) >= 11 is 0. The van der Waals surface area contributed by atoms with Crippen LogP contribution >= 0.6 is 0 Å². The Morgan fingerprint density at radius 3 is 2.36 bits per heavy atom. The maximum atomic E-state index is 11.0. The lowest BCUT2D eigenvalue weighted by Crippen LogP contribution is -2.12. The van der Waals surface area contributed by atoms with E-state index in [1.165, 1.54) is 36.4 Å². The minimum absolute atomic E-state index is 0.233. The molecule has 22 heavy (non-hydrogen) atoms. The summed E-state index contributed by atoms with van der Waals surface area (Å²) in [6.07, 6.45) is 1.21. The standard InChI is InChI=1S/C14H10N2O5S/c15-8-10(14(16)17)7-11-3-6-13(21-11)9-1-4-12(5-2-9)22(18,19)20/h1-7H,(H2,16,17)(H,18,19,20). The largest absolute Gasteiger partial charge is 0.457 e. The van der Waals surface area contributed by atoms with E-state index >= 15 is 0 Å². The molecule has 0 aliphatic heterocycles. The molecule has 0 fully saturated rings. The Kier molecular flexibility index (Phi) is 4.12. The average molecular weight is 318 g/mol. The van der Waals surface area contributed by atoms with E-state index in [4.69, 9.17) is 20.0 Å². The van der Waals surface area contributed by atoms with Gasteiger partial charge in [-0.1, -0.05) is 0 Å². The molecular weight excluding hydrogens is 308 g/mol. The fourth-order valence-electron chi connectivity index (χ4n) is 1.68. The van der Waals surface area contributed by atoms with Crippen molar-refractivity contribution in [2.45, 2.75) is 4.90 Å². The Labute approximate surface area is 126 Å². The number of amides is 1. The first-order valence-electron chi connectivity index (χ1n) is 5.90. The first-order chi connectivity index (χ1) is 10.3. The van der Waals surface area contributed by atoms with Gasteiger partial charge in [-0.15, -0.1) is 0 Å². The third kappa shape index (κ3) is 3.41. The molecule has 0 aliphatic rings. The number of nitrogens with two attached hydrogens (primary N) is 1. The second kappa shape index (κ2) is 5.85. The smallest absolute Gasteiger partial charge is 0.294 e. The van der Waals surface area contributed by atoms with Crippen molar-refractivity contribution in [3.05, 3.63) is 47.7 Å². The van der Waals surface area contributed by atoms with Gasteiger partial charge in [-0.3, -0.25) is 9.35 Å². The van der Waals surface area contributed by atoms with E-state index < -0.39 is 16.0 Å². The average Bonchev–Trinajstić information content (AvgIpc) is 2.92. The topological polar surface area (TPSA) is 134 Å². The van der Waals surface area contributed by atoms with E-state index in [9.17, 15) is 13.2 Å². The van der Waals surface area contributed by atoms with Crippen LogP contribution in [0.5, 0.6) is 0 Å². The SMILES string of the molecule is N#CC(=Cc1ccc(-c2ccc(S(=O)(=O)O)cc2)o1)C(N)=O. The molecule has 1 aromatic heterocycles. The highest BCUT2D eigenvalue weighted by Crippen LogP contribution is 2.24. The molecule has 0 radical (unpaired) electrons. The predicted molar refractivity (Wildman–Crippen MR) is 76.7 cm³/mol. The summed E-state index contributed by atoms with van der Waals surface area (Å²) in [6.45, 7) is 0. The summed E-state index contributed by atoms with van der Waals surface area (Å²) in [5.41, 5.74) is 5.33. The van der Waals surface area contributed by atoms with Crippen LogP contribution in [0.2, 0.25) is 0 Å². The zero-order valence-electron chi connectivity index (χ0n) is 11.1. The lowest BCUT2D eigenvalue weighted by atomic mass is 10.2. The van der Waals surface area contributed by atoms with Crippen molar-refractivity contribution in [1.29, 1.82) is 5.26 Å². The van der Waals surface area contributed by atoms with Gasteiger partial charge in [-0.2, -0.15) is 13.7 Å². The van der Waals surface area contributed by atoms with Gasteiger partial charge in [-0.05, 0) is 36.4 Å². The fourth-order valence-corrected chi connectivity index (χ4v) is 2.16. The van der Waals surface area contributed by atoms with Crippen LogP contribution in [0.25, 0.3) is 17.4 Å². The molecule has 1 aromatic carbocycles. The van der Waals surface area contributed by atoms with Gasteiger partial charge in [0, 0.05) is 11.6 Å². The van der Waals surface area contributed by atoms with Gasteiger partial charge in [0.2, 0.25) is 0 Å². The minimum atomic E-state index is -4.25. The predicted octanol–water partition coefficient (Wildman–Crippen LogP) is 1.59. The molecule has 0 atom stereocenters. The molecule has 2 aromatic rings. The second-order valence-corrected chi connectivity index (χ2v) is 5.66. The van der Waals surface area contributed by atoms with Gasteiger partial charge in [0.05, 0.1) is 4.90 Å². The van der Waals surface area contributed by atoms with Crippen molar-refractivity contribution < 1.29 is 22.2 Å². The number of carbonyl (C=O) groups excluding carboxylic acids is 1. The van der Waals surface area contributed by atoms with Crippen LogP contribution in [0.1, 0.15) is 5.76 Å². The summed E-state index contributed by atoms with van der Waals surface area (Å²) in [4.78, 5) is 10.7. The number of hydrogen-bond donors (Lipinski definition) is 2. The van der Waals surface area contributed by atoms with E-state index in [2.05, 4.69) is 0 Å². The van der Waals surface area contributed by atoms with Crippen molar-refractivity contribution in [2.75, 3.05) is 0 Å². The van der Waals surface area contributed by atoms with Gasteiger partial charge in [0.25, 0.3) is 16.0 Å². The highest BCUT2D eigenvalue weighted by molar-refractivity contribution is 7.85. The lowest BCUT2D eigenvalue weighted by molar-refractivity contribution is -0.114. The Morgan fingerprint density at radius 1 is 1.23 bits per heavy atom. The van der Waals surface area contributed by atoms with E-state index in [1.807, 2.05) is 0 Å². The highest BCUT2D eigenvalue weighted by Gasteiger charge is 2.11. The van der Waals surface area contributed by atoms with E-state index in [0.717, 1.165) is 0 Å². The van der Waals surface area contributed by atoms with Crippen LogP contribution in [0.15, 0.2) is 51.3 Å². The zero-order chi connectivity index (χ0) is 16.3. The molecule has 7 nitrogen and oxygen atoms in total. The van der Waals surface area contributed by atoms with E-state index in [-0.39, 0.29) is 16.2 Å². The maximum absolute atomic E-state index is 11.0. The molecule has 1 amide bonds. The zero-order valence-corrected chi connectivity index (χ0v) is 11.9. The Hall–Kier alpha value is -2.89. The van der Waals surface area contributed by atoms with Gasteiger partial charge in [0.15, 0.2) is 0 Å². The number of rotatable bonds is 4. The molecule has 0 aliphatic carbocycles. The van der Waals surface area contributed by atoms with Crippen molar-refractivity contribution in [1.82, 2.24) is 0 Å². The first kappa shape index (κ1) is 15.5. The molecule has 2 rings (SSSR count). The number of nitriles is 1. The van der Waals surface area contributed by atoms with Crippen molar-refractivity contribution >= 4 is 22.1 Å². The van der Waals surface area contributed by atoms with Crippen LogP contribution in [0, 0.1) is 11.3 Å². The van der Waals surface area contributed by atoms with Crippen LogP contribution in [0.3, 0.4) is 0 Å². The second-order valence-electron chi connectivity index (χ2n) is 4.24. The summed E-state index contributed by atoms with van der Waals surface area (Å²) in [6, 6.07) is 10.1. The van der Waals surface area contributed by atoms with Gasteiger partial charge in [0.1, 0.15) is 23.2 Å². The minimum Gasteiger partial charge on any atom is -0.457 e. The quantitative estimate of drug-likeness (QED) is 0.499. The summed E-state index contributed by atoms with van der Waals surface area (Å²) in [5.74, 6) is -0.211. The third-order valence-electron chi connectivity index (χ3n) is 2.74. The molecule has 0 unspecified atom stereocenters. The number of nitrogens with zero attached hydrogens (tertiary/aromatic N) is 1. The molecule has 0 spiro atoms. The van der Waals surface area contributed by atoms with E-state index in [1.54, 1.807) is 12.1 Å². The third-order valence-corrected chi connectivity index (χ3v) is 3.60. The highest BCUT2D eigenvalue weighted by atomic mass is 32.2. The van der Waals surface area contributed by atoms with Crippen molar-refractivity contribution in [2.24, 2.45) is 5.73 Å². The van der Waals surface area contributed by atoms with Gasteiger partial charge < -0.3 is 10.2 Å². The number of primary amides is 1. The molecule has 1 heterocycles.